The molecule has 284 valence electrons. The minimum absolute atomic E-state index is 0.00940. The second-order valence-electron chi connectivity index (χ2n) is 13.4. The Labute approximate surface area is 309 Å². The number of carboxylic acids is 1. The number of H-pyrrole nitrogens is 3. The maximum absolute atomic E-state index is 14.1. The number of aromatic nitrogens is 5. The minimum atomic E-state index is -1.36. The fourth-order valence-corrected chi connectivity index (χ4v) is 5.95. The van der Waals surface area contributed by atoms with E-state index in [0.717, 1.165) is 10.9 Å². The summed E-state index contributed by atoms with van der Waals surface area (Å²) in [5, 5.41) is 31.4. The summed E-state index contributed by atoms with van der Waals surface area (Å²) in [5.41, 5.74) is 9.28. The highest BCUT2D eigenvalue weighted by molar-refractivity contribution is 5.96. The average molecular weight is 741 g/mol. The van der Waals surface area contributed by atoms with Crippen LogP contribution in [-0.4, -0.2) is 94.9 Å². The number of nitrogens with two attached hydrogens (primary N) is 1. The zero-order chi connectivity index (χ0) is 38.8. The number of phenolic OH excluding ortho intramolecular Hbond substituents is 1. The molecular formula is C37H44N10O7. The number of carbonyl (C=O) groups excluding carboxylic acids is 4. The zero-order valence-corrected chi connectivity index (χ0v) is 29.7. The predicted molar refractivity (Wildman–Crippen MR) is 197 cm³/mol. The maximum atomic E-state index is 14.1. The smallest absolute Gasteiger partial charge is 0.326 e. The quantitative estimate of drug-likeness (QED) is 0.0597. The first-order chi connectivity index (χ1) is 25.9. The van der Waals surface area contributed by atoms with E-state index >= 15 is 0 Å². The van der Waals surface area contributed by atoms with Gasteiger partial charge in [-0.1, -0.05) is 44.2 Å². The molecule has 54 heavy (non-hydrogen) atoms. The second kappa shape index (κ2) is 17.8. The molecule has 5 aromatic rings. The molecule has 0 aliphatic carbocycles. The number of aromatic hydroxyl groups is 1. The van der Waals surface area contributed by atoms with Gasteiger partial charge in [-0.25, -0.2) is 14.8 Å². The molecule has 3 aromatic heterocycles. The van der Waals surface area contributed by atoms with Crippen molar-refractivity contribution in [1.29, 1.82) is 0 Å². The van der Waals surface area contributed by atoms with E-state index in [1.165, 1.54) is 31.0 Å². The molecule has 0 bridgehead atoms. The van der Waals surface area contributed by atoms with E-state index in [4.69, 9.17) is 5.73 Å². The third kappa shape index (κ3) is 10.3. The summed E-state index contributed by atoms with van der Waals surface area (Å²) in [5.74, 6) is -4.50. The van der Waals surface area contributed by atoms with Crippen LogP contribution < -0.4 is 27.0 Å². The third-order valence-corrected chi connectivity index (χ3v) is 8.91. The fourth-order valence-electron chi connectivity index (χ4n) is 5.95. The molecule has 0 aliphatic rings. The molecule has 3 heterocycles. The van der Waals surface area contributed by atoms with Gasteiger partial charge < -0.3 is 52.2 Å². The van der Waals surface area contributed by atoms with Crippen LogP contribution in [0.3, 0.4) is 0 Å². The number of carboxylic acid groups (broad SMARTS) is 1. The number of nitrogens with one attached hydrogen (secondary N) is 7. The van der Waals surface area contributed by atoms with Gasteiger partial charge >= 0.3 is 5.97 Å². The van der Waals surface area contributed by atoms with Crippen LogP contribution >= 0.6 is 0 Å². The topological polar surface area (TPSA) is 273 Å². The summed E-state index contributed by atoms with van der Waals surface area (Å²) in [4.78, 5) is 84.0. The predicted octanol–water partition coefficient (Wildman–Crippen LogP) is 0.597. The molecule has 0 aliphatic heterocycles. The molecule has 0 spiro atoms. The Bertz CT molecular complexity index is 2030. The van der Waals surface area contributed by atoms with Crippen LogP contribution in [0.4, 0.5) is 0 Å². The van der Waals surface area contributed by atoms with Crippen molar-refractivity contribution in [2.45, 2.75) is 69.7 Å². The van der Waals surface area contributed by atoms with E-state index in [0.29, 0.717) is 22.5 Å². The number of aromatic amines is 3. The van der Waals surface area contributed by atoms with Gasteiger partial charge in [0.05, 0.1) is 18.7 Å². The van der Waals surface area contributed by atoms with Crippen molar-refractivity contribution >= 4 is 40.5 Å². The van der Waals surface area contributed by atoms with Crippen LogP contribution in [0.15, 0.2) is 79.8 Å². The van der Waals surface area contributed by atoms with Crippen molar-refractivity contribution in [2.24, 2.45) is 11.7 Å². The maximum Gasteiger partial charge on any atom is 0.326 e. The summed E-state index contributed by atoms with van der Waals surface area (Å²) >= 11 is 0. The van der Waals surface area contributed by atoms with Crippen molar-refractivity contribution in [1.82, 2.24) is 46.2 Å². The standard InChI is InChI=1S/C37H44N10O7/c1-20(2)32(47-33(49)27(38)13-23-16-39-18-42-23)36(52)45-30(14-24-17-40-19-43-24)35(51)44-29(11-21-7-9-25(48)10-8-21)34(50)46-31(37(53)54)12-22-15-41-28-6-4-3-5-26(22)28/h3-10,15-20,27,29-32,41,48H,11-14,38H2,1-2H3,(H,39,42)(H,40,43)(H,44,51)(H,45,52)(H,46,50)(H,47,49)(H,53,54)/t27-,29-,30-,31-,32-/m0/s1. The van der Waals surface area contributed by atoms with Crippen molar-refractivity contribution < 1.29 is 34.2 Å². The lowest BCUT2D eigenvalue weighted by Gasteiger charge is -2.27. The van der Waals surface area contributed by atoms with Crippen LogP contribution in [0.2, 0.25) is 0 Å². The van der Waals surface area contributed by atoms with E-state index in [2.05, 4.69) is 46.2 Å². The van der Waals surface area contributed by atoms with Gasteiger partial charge in [-0.15, -0.1) is 0 Å². The molecule has 2 aromatic carbocycles. The number of hydrogen-bond acceptors (Lipinski definition) is 9. The molecule has 11 N–H and O–H groups in total. The number of imidazole rings is 2. The third-order valence-electron chi connectivity index (χ3n) is 8.91. The Morgan fingerprint density at radius 2 is 1.30 bits per heavy atom. The van der Waals surface area contributed by atoms with Gasteiger partial charge in [0.2, 0.25) is 23.6 Å². The van der Waals surface area contributed by atoms with Crippen LogP contribution in [0.25, 0.3) is 10.9 Å². The molecule has 4 amide bonds. The van der Waals surface area contributed by atoms with Gasteiger partial charge in [0.25, 0.3) is 0 Å². The molecule has 17 heteroatoms. The van der Waals surface area contributed by atoms with Crippen molar-refractivity contribution in [2.75, 3.05) is 0 Å². The summed E-state index contributed by atoms with van der Waals surface area (Å²) in [6.07, 6.45) is 7.53. The summed E-state index contributed by atoms with van der Waals surface area (Å²) in [6, 6.07) is 7.33. The summed E-state index contributed by atoms with van der Waals surface area (Å²) in [7, 11) is 0. The average Bonchev–Trinajstić information content (AvgIpc) is 3.94. The van der Waals surface area contributed by atoms with E-state index in [-0.39, 0.29) is 31.4 Å². The second-order valence-corrected chi connectivity index (χ2v) is 13.4. The summed E-state index contributed by atoms with van der Waals surface area (Å²) in [6.45, 7) is 3.45. The molecule has 5 rings (SSSR count). The Morgan fingerprint density at radius 3 is 1.91 bits per heavy atom. The number of fused-ring (bicyclic) bond motifs is 1. The Hall–Kier alpha value is -6.49. The van der Waals surface area contributed by atoms with E-state index in [1.54, 1.807) is 38.4 Å². The number of benzene rings is 2. The van der Waals surface area contributed by atoms with Crippen molar-refractivity contribution in [3.05, 3.63) is 102 Å². The number of aliphatic carboxylic acids is 1. The number of amides is 4. The number of carbonyl (C=O) groups is 5. The zero-order valence-electron chi connectivity index (χ0n) is 29.7. The normalized spacial score (nSPS) is 14.1. The van der Waals surface area contributed by atoms with Gasteiger partial charge in [-0.05, 0) is 35.2 Å². The Kier molecular flexibility index (Phi) is 12.8. The van der Waals surface area contributed by atoms with Gasteiger partial charge in [-0.2, -0.15) is 0 Å². The Balaban J connectivity index is 1.35. The summed E-state index contributed by atoms with van der Waals surface area (Å²) < 4.78 is 0. The van der Waals surface area contributed by atoms with Gasteiger partial charge in [0, 0.05) is 66.6 Å². The highest BCUT2D eigenvalue weighted by Crippen LogP contribution is 2.20. The fraction of sp³-hybridized carbons (Fsp3) is 0.324. The highest BCUT2D eigenvalue weighted by atomic mass is 16.4. The highest BCUT2D eigenvalue weighted by Gasteiger charge is 2.33. The first-order valence-electron chi connectivity index (χ1n) is 17.3. The van der Waals surface area contributed by atoms with Gasteiger partial charge in [0.15, 0.2) is 0 Å². The molecule has 0 unspecified atom stereocenters. The van der Waals surface area contributed by atoms with E-state index in [9.17, 15) is 34.2 Å². The molecule has 5 atom stereocenters. The molecule has 0 saturated carbocycles. The van der Waals surface area contributed by atoms with Crippen LogP contribution in [-0.2, 0) is 49.7 Å². The number of para-hydroxylation sites is 1. The Morgan fingerprint density at radius 1 is 0.704 bits per heavy atom. The number of nitrogens with zero attached hydrogens (tertiary/aromatic N) is 2. The van der Waals surface area contributed by atoms with Crippen molar-refractivity contribution in [3.8, 4) is 5.75 Å². The minimum Gasteiger partial charge on any atom is -0.508 e. The monoisotopic (exact) mass is 740 g/mol. The molecule has 0 fully saturated rings. The van der Waals surface area contributed by atoms with Crippen LogP contribution in [0.1, 0.15) is 36.4 Å². The first-order valence-corrected chi connectivity index (χ1v) is 17.3. The van der Waals surface area contributed by atoms with Gasteiger partial charge in [0.1, 0.15) is 29.9 Å². The molecular weight excluding hydrogens is 696 g/mol. The first kappa shape index (κ1) is 38.7. The molecule has 17 nitrogen and oxygen atoms in total. The number of rotatable bonds is 18. The lowest BCUT2D eigenvalue weighted by Crippen LogP contribution is -2.60. The number of hydrogen-bond donors (Lipinski definition) is 10. The SMILES string of the molecule is CC(C)[C@H](NC(=O)[C@@H](N)Cc1cnc[nH]1)C(=O)N[C@@H](Cc1cnc[nH]1)C(=O)N[C@@H](Cc1ccc(O)cc1)C(=O)N[C@@H](Cc1c[nH]c2ccccc12)C(=O)O. The van der Waals surface area contributed by atoms with E-state index in [1.807, 2.05) is 24.3 Å². The van der Waals surface area contributed by atoms with Crippen molar-refractivity contribution in [3.63, 3.8) is 0 Å². The van der Waals surface area contributed by atoms with Crippen LogP contribution in [0.5, 0.6) is 5.75 Å². The van der Waals surface area contributed by atoms with Gasteiger partial charge in [-0.3, -0.25) is 19.2 Å². The number of phenols is 1. The van der Waals surface area contributed by atoms with Crippen LogP contribution in [0, 0.1) is 5.92 Å². The lowest BCUT2D eigenvalue weighted by atomic mass is 10.0. The molecule has 0 radical (unpaired) electrons. The lowest BCUT2D eigenvalue weighted by molar-refractivity contribution is -0.142. The molecule has 0 saturated heterocycles. The largest absolute Gasteiger partial charge is 0.508 e. The van der Waals surface area contributed by atoms with E-state index < -0.39 is 65.7 Å².